The number of carbonyl (C=O) groups is 1. The van der Waals surface area contributed by atoms with Crippen LogP contribution in [0.2, 0.25) is 0 Å². The Morgan fingerprint density at radius 3 is 2.16 bits per heavy atom. The maximum atomic E-state index is 13.1. The van der Waals surface area contributed by atoms with Gasteiger partial charge < -0.3 is 19.6 Å². The highest BCUT2D eigenvalue weighted by molar-refractivity contribution is 5.96. The van der Waals surface area contributed by atoms with Crippen LogP contribution in [0.5, 0.6) is 0 Å². The van der Waals surface area contributed by atoms with Gasteiger partial charge in [-0.25, -0.2) is 0 Å². The van der Waals surface area contributed by atoms with Crippen LogP contribution >= 0.6 is 0 Å². The standard InChI is InChI=1S/C24H31N5O3/c1-18-5-4-6-21(19(18)2)26-13-15-28(16-14-26)24(30)20-7-8-22(23(17-20)29(31)32)27-11-9-25(3)10-12-27/h4-8,17H,9-16H2,1-3H3. The van der Waals surface area contributed by atoms with Crippen LogP contribution in [0, 0.1) is 24.0 Å². The summed E-state index contributed by atoms with van der Waals surface area (Å²) >= 11 is 0. The summed E-state index contributed by atoms with van der Waals surface area (Å²) < 4.78 is 0. The lowest BCUT2D eigenvalue weighted by Gasteiger charge is -2.37. The number of aryl methyl sites for hydroxylation is 1. The lowest BCUT2D eigenvalue weighted by Crippen LogP contribution is -2.49. The molecule has 32 heavy (non-hydrogen) atoms. The molecule has 0 spiro atoms. The molecule has 1 amide bonds. The number of nitro groups is 1. The van der Waals surface area contributed by atoms with Crippen molar-refractivity contribution in [2.45, 2.75) is 13.8 Å². The van der Waals surface area contributed by atoms with Crippen molar-refractivity contribution in [2.75, 3.05) is 69.2 Å². The first-order valence-corrected chi connectivity index (χ1v) is 11.2. The van der Waals surface area contributed by atoms with Gasteiger partial charge in [0.25, 0.3) is 11.6 Å². The second-order valence-corrected chi connectivity index (χ2v) is 8.75. The Kier molecular flexibility index (Phi) is 6.32. The number of rotatable bonds is 4. The molecule has 0 N–H and O–H groups in total. The van der Waals surface area contributed by atoms with E-state index in [1.54, 1.807) is 17.0 Å². The molecule has 2 aromatic rings. The summed E-state index contributed by atoms with van der Waals surface area (Å²) in [6.45, 7) is 10.1. The van der Waals surface area contributed by atoms with Crippen LogP contribution in [0.25, 0.3) is 0 Å². The van der Waals surface area contributed by atoms with Crippen molar-refractivity contribution >= 4 is 23.0 Å². The van der Waals surface area contributed by atoms with Crippen molar-refractivity contribution in [3.63, 3.8) is 0 Å². The number of anilines is 2. The number of hydrogen-bond acceptors (Lipinski definition) is 6. The molecule has 0 radical (unpaired) electrons. The van der Waals surface area contributed by atoms with Gasteiger partial charge in [0.05, 0.1) is 4.92 Å². The van der Waals surface area contributed by atoms with Crippen molar-refractivity contribution in [2.24, 2.45) is 0 Å². The van der Waals surface area contributed by atoms with Gasteiger partial charge in [-0.05, 0) is 50.2 Å². The molecular formula is C24H31N5O3. The number of hydrogen-bond donors (Lipinski definition) is 0. The number of nitro benzene ring substituents is 1. The first-order chi connectivity index (χ1) is 15.3. The van der Waals surface area contributed by atoms with E-state index in [0.29, 0.717) is 24.3 Å². The average Bonchev–Trinajstić information content (AvgIpc) is 2.81. The summed E-state index contributed by atoms with van der Waals surface area (Å²) in [7, 11) is 2.05. The van der Waals surface area contributed by atoms with Crippen molar-refractivity contribution < 1.29 is 9.72 Å². The van der Waals surface area contributed by atoms with Gasteiger partial charge in [-0.15, -0.1) is 0 Å². The van der Waals surface area contributed by atoms with Gasteiger partial charge in [0.1, 0.15) is 5.69 Å². The molecular weight excluding hydrogens is 406 g/mol. The Hall–Kier alpha value is -3.13. The quantitative estimate of drug-likeness (QED) is 0.541. The van der Waals surface area contributed by atoms with Gasteiger partial charge in [0.2, 0.25) is 0 Å². The van der Waals surface area contributed by atoms with Crippen LogP contribution in [0.4, 0.5) is 17.1 Å². The molecule has 2 fully saturated rings. The molecule has 0 saturated carbocycles. The average molecular weight is 438 g/mol. The number of likely N-dealkylation sites (N-methyl/N-ethyl adjacent to an activating group) is 1. The SMILES string of the molecule is Cc1cccc(N2CCN(C(=O)c3ccc(N4CCN(C)CC4)c([N+](=O)[O-])c3)CC2)c1C. The minimum Gasteiger partial charge on any atom is -0.368 e. The number of benzene rings is 2. The summed E-state index contributed by atoms with van der Waals surface area (Å²) in [5, 5.41) is 11.8. The van der Waals surface area contributed by atoms with Gasteiger partial charge in [0.15, 0.2) is 0 Å². The topological polar surface area (TPSA) is 73.2 Å². The van der Waals surface area contributed by atoms with Crippen LogP contribution in [-0.2, 0) is 0 Å². The molecule has 2 aliphatic heterocycles. The van der Waals surface area contributed by atoms with E-state index in [1.165, 1.54) is 22.9 Å². The van der Waals surface area contributed by atoms with Crippen molar-refractivity contribution in [1.82, 2.24) is 9.80 Å². The number of amides is 1. The van der Waals surface area contributed by atoms with E-state index in [-0.39, 0.29) is 16.5 Å². The molecule has 2 aromatic carbocycles. The Bertz CT molecular complexity index is 1010. The lowest BCUT2D eigenvalue weighted by molar-refractivity contribution is -0.384. The van der Waals surface area contributed by atoms with Crippen LogP contribution in [0.3, 0.4) is 0 Å². The summed E-state index contributed by atoms with van der Waals surface area (Å²) in [5.41, 5.74) is 4.73. The largest absolute Gasteiger partial charge is 0.368 e. The van der Waals surface area contributed by atoms with Gasteiger partial charge in [-0.3, -0.25) is 14.9 Å². The van der Waals surface area contributed by atoms with E-state index < -0.39 is 0 Å². The smallest absolute Gasteiger partial charge is 0.293 e. The Balaban J connectivity index is 1.47. The third-order valence-corrected chi connectivity index (χ3v) is 6.75. The zero-order valence-electron chi connectivity index (χ0n) is 19.1. The molecule has 0 unspecified atom stereocenters. The van der Waals surface area contributed by atoms with E-state index >= 15 is 0 Å². The summed E-state index contributed by atoms with van der Waals surface area (Å²) in [4.78, 5) is 32.9. The Labute approximate surface area is 189 Å². The summed E-state index contributed by atoms with van der Waals surface area (Å²) in [5.74, 6) is -0.140. The van der Waals surface area contributed by atoms with Gasteiger partial charge in [0, 0.05) is 69.7 Å². The van der Waals surface area contributed by atoms with Crippen molar-refractivity contribution in [3.8, 4) is 0 Å². The minimum atomic E-state index is -0.372. The molecule has 2 aliphatic rings. The summed E-state index contributed by atoms with van der Waals surface area (Å²) in [6, 6.07) is 11.2. The van der Waals surface area contributed by atoms with E-state index in [2.05, 4.69) is 41.8 Å². The number of piperazine rings is 2. The predicted octanol–water partition coefficient (Wildman–Crippen LogP) is 2.93. The summed E-state index contributed by atoms with van der Waals surface area (Å²) in [6.07, 6.45) is 0. The monoisotopic (exact) mass is 437 g/mol. The molecule has 0 atom stereocenters. The first kappa shape index (κ1) is 22.1. The fourth-order valence-corrected chi connectivity index (χ4v) is 4.53. The predicted molar refractivity (Wildman–Crippen MR) is 127 cm³/mol. The fraction of sp³-hybridized carbons (Fsp3) is 0.458. The fourth-order valence-electron chi connectivity index (χ4n) is 4.53. The highest BCUT2D eigenvalue weighted by Gasteiger charge is 2.27. The molecule has 2 saturated heterocycles. The molecule has 0 bridgehead atoms. The number of nitrogens with zero attached hydrogens (tertiary/aromatic N) is 5. The lowest BCUT2D eigenvalue weighted by atomic mass is 10.1. The van der Waals surface area contributed by atoms with Gasteiger partial charge >= 0.3 is 0 Å². The second kappa shape index (κ2) is 9.16. The molecule has 170 valence electrons. The molecule has 2 heterocycles. The highest BCUT2D eigenvalue weighted by Crippen LogP contribution is 2.31. The van der Waals surface area contributed by atoms with E-state index in [9.17, 15) is 14.9 Å². The van der Waals surface area contributed by atoms with Crippen LogP contribution in [0.1, 0.15) is 21.5 Å². The second-order valence-electron chi connectivity index (χ2n) is 8.75. The Morgan fingerprint density at radius 1 is 0.875 bits per heavy atom. The van der Waals surface area contributed by atoms with Crippen molar-refractivity contribution in [3.05, 3.63) is 63.2 Å². The zero-order valence-corrected chi connectivity index (χ0v) is 19.1. The zero-order chi connectivity index (χ0) is 22.8. The van der Waals surface area contributed by atoms with Crippen LogP contribution in [-0.4, -0.2) is 80.0 Å². The molecule has 0 aromatic heterocycles. The first-order valence-electron chi connectivity index (χ1n) is 11.2. The maximum Gasteiger partial charge on any atom is 0.293 e. The van der Waals surface area contributed by atoms with Crippen LogP contribution < -0.4 is 9.80 Å². The molecule has 4 rings (SSSR count). The third-order valence-electron chi connectivity index (χ3n) is 6.75. The molecule has 0 aliphatic carbocycles. The van der Waals surface area contributed by atoms with E-state index in [0.717, 1.165) is 39.3 Å². The molecule has 8 nitrogen and oxygen atoms in total. The Morgan fingerprint density at radius 2 is 1.50 bits per heavy atom. The van der Waals surface area contributed by atoms with Crippen LogP contribution in [0.15, 0.2) is 36.4 Å². The third kappa shape index (κ3) is 4.41. The number of carbonyl (C=O) groups excluding carboxylic acids is 1. The maximum absolute atomic E-state index is 13.1. The van der Waals surface area contributed by atoms with E-state index in [4.69, 9.17) is 0 Å². The van der Waals surface area contributed by atoms with Crippen molar-refractivity contribution in [1.29, 1.82) is 0 Å². The minimum absolute atomic E-state index is 0.00873. The highest BCUT2D eigenvalue weighted by atomic mass is 16.6. The van der Waals surface area contributed by atoms with Gasteiger partial charge in [-0.2, -0.15) is 0 Å². The normalized spacial score (nSPS) is 17.5. The van der Waals surface area contributed by atoms with E-state index in [1.807, 2.05) is 11.9 Å². The van der Waals surface area contributed by atoms with Gasteiger partial charge in [-0.1, -0.05) is 12.1 Å². The molecule has 8 heteroatoms.